The van der Waals surface area contributed by atoms with Crippen molar-refractivity contribution >= 4 is 0 Å². The Morgan fingerprint density at radius 2 is 2.39 bits per heavy atom. The molecule has 0 unspecified atom stereocenters. The van der Waals surface area contributed by atoms with Crippen molar-refractivity contribution in [3.63, 3.8) is 0 Å². The molecule has 1 aliphatic rings. The van der Waals surface area contributed by atoms with Gasteiger partial charge in [-0.1, -0.05) is 6.92 Å². The average Bonchev–Trinajstić information content (AvgIpc) is 2.90. The van der Waals surface area contributed by atoms with Gasteiger partial charge in [0.25, 0.3) is 0 Å². The zero-order valence-electron chi connectivity index (χ0n) is 11.5. The molecule has 0 saturated carbocycles. The first kappa shape index (κ1) is 13.6. The van der Waals surface area contributed by atoms with Crippen molar-refractivity contribution in [2.45, 2.75) is 39.2 Å². The van der Waals surface area contributed by atoms with E-state index in [1.54, 1.807) is 6.26 Å². The first-order chi connectivity index (χ1) is 8.88. The Hall–Kier alpha value is -0.800. The topological polar surface area (TPSA) is 28.4 Å². The third-order valence-electron chi connectivity index (χ3n) is 3.75. The molecule has 2 heterocycles. The summed E-state index contributed by atoms with van der Waals surface area (Å²) in [4.78, 5) is 2.52. The highest BCUT2D eigenvalue weighted by Gasteiger charge is 2.15. The van der Waals surface area contributed by atoms with Gasteiger partial charge in [-0.2, -0.15) is 0 Å². The fourth-order valence-electron chi connectivity index (χ4n) is 2.74. The Morgan fingerprint density at radius 3 is 3.06 bits per heavy atom. The highest BCUT2D eigenvalue weighted by Crippen LogP contribution is 2.15. The Bertz CT molecular complexity index is 304. The average molecular weight is 250 g/mol. The van der Waals surface area contributed by atoms with Crippen molar-refractivity contribution in [2.24, 2.45) is 5.92 Å². The first-order valence-corrected chi connectivity index (χ1v) is 7.34. The first-order valence-electron chi connectivity index (χ1n) is 7.34. The number of hydrogen-bond acceptors (Lipinski definition) is 3. The molecule has 0 aromatic carbocycles. The lowest BCUT2D eigenvalue weighted by Gasteiger charge is -2.26. The molecule has 1 fully saturated rings. The highest BCUT2D eigenvalue weighted by atomic mass is 16.3. The summed E-state index contributed by atoms with van der Waals surface area (Å²) in [7, 11) is 0. The number of furan rings is 1. The fraction of sp³-hybridized carbons (Fsp3) is 0.733. The number of rotatable bonds is 7. The van der Waals surface area contributed by atoms with E-state index in [0.717, 1.165) is 18.2 Å². The summed E-state index contributed by atoms with van der Waals surface area (Å²) in [5.74, 6) is 1.96. The van der Waals surface area contributed by atoms with Gasteiger partial charge in [-0.15, -0.1) is 0 Å². The van der Waals surface area contributed by atoms with Crippen LogP contribution in [-0.2, 0) is 6.54 Å². The SMILES string of the molecule is CCCN(CC[C@@H]1CCCNC1)Cc1ccco1. The van der Waals surface area contributed by atoms with Gasteiger partial charge in [0, 0.05) is 0 Å². The Labute approximate surface area is 111 Å². The van der Waals surface area contributed by atoms with Gasteiger partial charge in [0.2, 0.25) is 0 Å². The van der Waals surface area contributed by atoms with Gasteiger partial charge >= 0.3 is 0 Å². The lowest BCUT2D eigenvalue weighted by Crippen LogP contribution is -2.33. The van der Waals surface area contributed by atoms with Gasteiger partial charge in [0.05, 0.1) is 12.8 Å². The van der Waals surface area contributed by atoms with E-state index in [0.29, 0.717) is 0 Å². The lowest BCUT2D eigenvalue weighted by atomic mass is 9.96. The zero-order chi connectivity index (χ0) is 12.6. The quantitative estimate of drug-likeness (QED) is 0.806. The number of nitrogens with one attached hydrogen (secondary N) is 1. The van der Waals surface area contributed by atoms with E-state index in [4.69, 9.17) is 4.42 Å². The Balaban J connectivity index is 1.74. The van der Waals surface area contributed by atoms with Crippen LogP contribution in [0.25, 0.3) is 0 Å². The summed E-state index contributed by atoms with van der Waals surface area (Å²) in [6, 6.07) is 4.05. The fourth-order valence-corrected chi connectivity index (χ4v) is 2.74. The molecule has 102 valence electrons. The lowest BCUT2D eigenvalue weighted by molar-refractivity contribution is 0.215. The van der Waals surface area contributed by atoms with Crippen LogP contribution < -0.4 is 5.32 Å². The van der Waals surface area contributed by atoms with Crippen molar-refractivity contribution in [2.75, 3.05) is 26.2 Å². The van der Waals surface area contributed by atoms with E-state index in [9.17, 15) is 0 Å². The van der Waals surface area contributed by atoms with Crippen molar-refractivity contribution in [1.82, 2.24) is 10.2 Å². The largest absolute Gasteiger partial charge is 0.468 e. The second-order valence-corrected chi connectivity index (χ2v) is 5.36. The molecule has 0 bridgehead atoms. The molecule has 3 heteroatoms. The van der Waals surface area contributed by atoms with Crippen LogP contribution in [0.4, 0.5) is 0 Å². The zero-order valence-corrected chi connectivity index (χ0v) is 11.5. The molecule has 3 nitrogen and oxygen atoms in total. The Kier molecular flexibility index (Phi) is 5.75. The number of piperidine rings is 1. The van der Waals surface area contributed by atoms with Gasteiger partial charge in [0.15, 0.2) is 0 Å². The van der Waals surface area contributed by atoms with Crippen molar-refractivity contribution in [3.8, 4) is 0 Å². The van der Waals surface area contributed by atoms with E-state index in [1.807, 2.05) is 6.07 Å². The minimum atomic E-state index is 0.870. The number of hydrogen-bond donors (Lipinski definition) is 1. The second-order valence-electron chi connectivity index (χ2n) is 5.36. The maximum Gasteiger partial charge on any atom is 0.117 e. The van der Waals surface area contributed by atoms with Gasteiger partial charge in [-0.05, 0) is 69.9 Å². The van der Waals surface area contributed by atoms with Crippen LogP contribution in [0.15, 0.2) is 22.8 Å². The monoisotopic (exact) mass is 250 g/mol. The van der Waals surface area contributed by atoms with Crippen LogP contribution in [0.2, 0.25) is 0 Å². The minimum absolute atomic E-state index is 0.870. The molecule has 1 N–H and O–H groups in total. The van der Waals surface area contributed by atoms with E-state index in [-0.39, 0.29) is 0 Å². The molecule has 2 rings (SSSR count). The highest BCUT2D eigenvalue weighted by molar-refractivity contribution is 4.97. The van der Waals surface area contributed by atoms with Crippen LogP contribution >= 0.6 is 0 Å². The number of nitrogens with zero attached hydrogens (tertiary/aromatic N) is 1. The second kappa shape index (κ2) is 7.59. The molecule has 0 aliphatic carbocycles. The maximum absolute atomic E-state index is 5.45. The smallest absolute Gasteiger partial charge is 0.117 e. The molecule has 18 heavy (non-hydrogen) atoms. The molecular weight excluding hydrogens is 224 g/mol. The predicted molar refractivity (Wildman–Crippen MR) is 74.5 cm³/mol. The molecule has 0 amide bonds. The molecule has 1 aromatic heterocycles. The normalized spacial score (nSPS) is 20.4. The van der Waals surface area contributed by atoms with E-state index < -0.39 is 0 Å². The summed E-state index contributed by atoms with van der Waals surface area (Å²) >= 11 is 0. The van der Waals surface area contributed by atoms with E-state index in [2.05, 4.69) is 23.2 Å². The summed E-state index contributed by atoms with van der Waals surface area (Å²) in [5.41, 5.74) is 0. The van der Waals surface area contributed by atoms with Gasteiger partial charge in [0.1, 0.15) is 5.76 Å². The summed E-state index contributed by atoms with van der Waals surface area (Å²) in [6.45, 7) is 7.99. The van der Waals surface area contributed by atoms with Crippen molar-refractivity contribution in [3.05, 3.63) is 24.2 Å². The summed E-state index contributed by atoms with van der Waals surface area (Å²) < 4.78 is 5.45. The molecule has 0 spiro atoms. The van der Waals surface area contributed by atoms with Gasteiger partial charge < -0.3 is 9.73 Å². The molecule has 1 aliphatic heterocycles. The van der Waals surface area contributed by atoms with E-state index in [1.165, 1.54) is 51.9 Å². The van der Waals surface area contributed by atoms with Crippen LogP contribution in [0, 0.1) is 5.92 Å². The van der Waals surface area contributed by atoms with Gasteiger partial charge in [-0.25, -0.2) is 0 Å². The summed E-state index contributed by atoms with van der Waals surface area (Å²) in [6.07, 6.45) is 7.03. The van der Waals surface area contributed by atoms with Crippen LogP contribution in [-0.4, -0.2) is 31.1 Å². The van der Waals surface area contributed by atoms with Crippen LogP contribution in [0.1, 0.15) is 38.4 Å². The Morgan fingerprint density at radius 1 is 1.44 bits per heavy atom. The molecule has 0 radical (unpaired) electrons. The van der Waals surface area contributed by atoms with Gasteiger partial charge in [-0.3, -0.25) is 4.90 Å². The third-order valence-corrected chi connectivity index (χ3v) is 3.75. The van der Waals surface area contributed by atoms with Crippen LogP contribution in [0.5, 0.6) is 0 Å². The molecule has 1 aromatic rings. The van der Waals surface area contributed by atoms with Crippen LogP contribution in [0.3, 0.4) is 0 Å². The maximum atomic E-state index is 5.45. The predicted octanol–water partition coefficient (Wildman–Crippen LogP) is 2.88. The van der Waals surface area contributed by atoms with Crippen molar-refractivity contribution in [1.29, 1.82) is 0 Å². The molecule has 1 atom stereocenters. The standard InChI is InChI=1S/C15H26N2O/c1-2-9-17(13-15-6-4-11-18-15)10-7-14-5-3-8-16-12-14/h4,6,11,14,16H,2-3,5,7-10,12-13H2,1H3/t14-/m0/s1. The molecule has 1 saturated heterocycles. The third kappa shape index (κ3) is 4.46. The molecular formula is C15H26N2O. The van der Waals surface area contributed by atoms with Crippen molar-refractivity contribution < 1.29 is 4.42 Å². The minimum Gasteiger partial charge on any atom is -0.468 e. The summed E-state index contributed by atoms with van der Waals surface area (Å²) in [5, 5.41) is 3.50. The van der Waals surface area contributed by atoms with E-state index >= 15 is 0 Å².